The van der Waals surface area contributed by atoms with Gasteiger partial charge in [0, 0.05) is 49.1 Å². The Balaban J connectivity index is 0.000000244. The fourth-order valence-corrected chi connectivity index (χ4v) is 4.11. The summed E-state index contributed by atoms with van der Waals surface area (Å²) in [5.74, 6) is -4.63. The van der Waals surface area contributed by atoms with Crippen molar-refractivity contribution < 1.29 is 46.1 Å². The molecule has 2 atom stereocenters. The number of anilines is 1. The number of carboxylic acids is 2. The molecule has 2 saturated heterocycles. The van der Waals surface area contributed by atoms with Crippen LogP contribution < -0.4 is 4.90 Å². The Morgan fingerprint density at radius 3 is 1.91 bits per heavy atom. The first kappa shape index (κ1) is 27.2. The molecule has 0 spiro atoms. The number of carbonyl (C=O) groups is 2. The second kappa shape index (κ2) is 11.4. The van der Waals surface area contributed by atoms with Gasteiger partial charge in [0.15, 0.2) is 0 Å². The zero-order chi connectivity index (χ0) is 25.5. The van der Waals surface area contributed by atoms with Gasteiger partial charge in [-0.3, -0.25) is 4.90 Å². The smallest absolute Gasteiger partial charge is 0.475 e. The van der Waals surface area contributed by atoms with Crippen LogP contribution in [0.3, 0.4) is 0 Å². The molecule has 188 valence electrons. The van der Waals surface area contributed by atoms with Gasteiger partial charge in [0.25, 0.3) is 0 Å². The molecule has 0 aliphatic carbocycles. The minimum Gasteiger partial charge on any atom is -0.475 e. The lowest BCUT2D eigenvalue weighted by atomic mass is 10.1. The van der Waals surface area contributed by atoms with E-state index in [1.54, 1.807) is 11.3 Å². The van der Waals surface area contributed by atoms with Crippen LogP contribution in [-0.2, 0) is 16.1 Å². The van der Waals surface area contributed by atoms with Gasteiger partial charge in [-0.05, 0) is 18.9 Å². The highest BCUT2D eigenvalue weighted by molar-refractivity contribution is 7.09. The number of fused-ring (bicyclic) bond motifs is 1. The monoisotopic (exact) mass is 515 g/mol. The predicted molar refractivity (Wildman–Crippen MR) is 106 cm³/mol. The minimum atomic E-state index is -5.08. The summed E-state index contributed by atoms with van der Waals surface area (Å²) in [4.78, 5) is 36.0. The van der Waals surface area contributed by atoms with Gasteiger partial charge >= 0.3 is 24.3 Å². The van der Waals surface area contributed by atoms with Gasteiger partial charge in [0.2, 0.25) is 5.95 Å². The number of hydrogen-bond donors (Lipinski definition) is 2. The number of carboxylic acid groups (broad SMARTS) is 2. The Kier molecular flexibility index (Phi) is 9.14. The van der Waals surface area contributed by atoms with Crippen LogP contribution in [0.15, 0.2) is 30.0 Å². The van der Waals surface area contributed by atoms with Crippen LogP contribution in [0.2, 0.25) is 0 Å². The standard InChI is InChI=1S/C14H17N5S.2C2HF3O2/c1-4-16-14(17-5-1)19-8-3-11-12(19)2-7-18(11)10-13-15-6-9-20-13;2*3-2(4,5)1(6)7/h1,4-6,9,11-12H,2-3,7-8,10H2;2*(H,6,7)/t11-,12+;;/m1../s1. The summed E-state index contributed by atoms with van der Waals surface area (Å²) < 4.78 is 63.5. The molecule has 2 fully saturated rings. The van der Waals surface area contributed by atoms with Crippen molar-refractivity contribution in [2.24, 2.45) is 0 Å². The number of rotatable bonds is 3. The third-order valence-electron chi connectivity index (χ3n) is 4.81. The average molecular weight is 515 g/mol. The number of likely N-dealkylation sites (tertiary alicyclic amines) is 1. The molecule has 2 aromatic heterocycles. The van der Waals surface area contributed by atoms with Gasteiger partial charge in [0.1, 0.15) is 5.01 Å². The number of hydrogen-bond acceptors (Lipinski definition) is 8. The normalized spacial score (nSPS) is 20.0. The van der Waals surface area contributed by atoms with Crippen LogP contribution in [0.4, 0.5) is 32.3 Å². The number of halogens is 6. The lowest BCUT2D eigenvalue weighted by Crippen LogP contribution is -2.36. The van der Waals surface area contributed by atoms with E-state index in [4.69, 9.17) is 19.8 Å². The molecule has 0 bridgehead atoms. The zero-order valence-electron chi connectivity index (χ0n) is 17.2. The largest absolute Gasteiger partial charge is 0.490 e. The molecule has 0 amide bonds. The van der Waals surface area contributed by atoms with E-state index in [1.807, 2.05) is 24.7 Å². The van der Waals surface area contributed by atoms with Crippen molar-refractivity contribution in [2.75, 3.05) is 18.0 Å². The molecule has 2 aliphatic rings. The molecule has 4 rings (SSSR count). The lowest BCUT2D eigenvalue weighted by Gasteiger charge is -2.25. The molecule has 0 radical (unpaired) electrons. The number of nitrogens with zero attached hydrogens (tertiary/aromatic N) is 5. The highest BCUT2D eigenvalue weighted by Crippen LogP contribution is 2.34. The quantitative estimate of drug-likeness (QED) is 0.595. The molecular weight excluding hydrogens is 496 g/mol. The summed E-state index contributed by atoms with van der Waals surface area (Å²) in [7, 11) is 0. The van der Waals surface area contributed by atoms with Crippen molar-refractivity contribution in [2.45, 2.75) is 43.8 Å². The van der Waals surface area contributed by atoms with Crippen molar-refractivity contribution in [3.63, 3.8) is 0 Å². The second-order valence-corrected chi connectivity index (χ2v) is 7.94. The van der Waals surface area contributed by atoms with Gasteiger partial charge in [-0.2, -0.15) is 26.3 Å². The van der Waals surface area contributed by atoms with E-state index in [9.17, 15) is 26.3 Å². The van der Waals surface area contributed by atoms with E-state index < -0.39 is 24.3 Å². The first-order valence-corrected chi connectivity index (χ1v) is 10.4. The predicted octanol–water partition coefficient (Wildman–Crippen LogP) is 3.05. The number of alkyl halides is 6. The van der Waals surface area contributed by atoms with E-state index in [0.717, 1.165) is 25.6 Å². The van der Waals surface area contributed by atoms with Crippen molar-refractivity contribution in [1.29, 1.82) is 0 Å². The third-order valence-corrected chi connectivity index (χ3v) is 5.57. The van der Waals surface area contributed by atoms with Crippen molar-refractivity contribution >= 4 is 29.2 Å². The summed E-state index contributed by atoms with van der Waals surface area (Å²) in [6, 6.07) is 3.07. The van der Waals surface area contributed by atoms with E-state index in [0.29, 0.717) is 12.1 Å². The molecule has 16 heteroatoms. The number of aromatic nitrogens is 3. The van der Waals surface area contributed by atoms with Crippen LogP contribution in [0, 0.1) is 0 Å². The fourth-order valence-electron chi connectivity index (χ4n) is 3.46. The maximum Gasteiger partial charge on any atom is 0.490 e. The first-order chi connectivity index (χ1) is 15.8. The molecule has 0 unspecified atom stereocenters. The highest BCUT2D eigenvalue weighted by Gasteiger charge is 2.43. The van der Waals surface area contributed by atoms with Crippen LogP contribution >= 0.6 is 11.3 Å². The Bertz CT molecular complexity index is 905. The SMILES string of the molecule is O=C(O)C(F)(F)F.O=C(O)C(F)(F)F.c1cnc(N2CC[C@@H]3[C@@H]2CCN3Cc2nccs2)nc1. The van der Waals surface area contributed by atoms with E-state index in [-0.39, 0.29) is 0 Å². The second-order valence-electron chi connectivity index (χ2n) is 6.96. The summed E-state index contributed by atoms with van der Waals surface area (Å²) >= 11 is 1.75. The third kappa shape index (κ3) is 7.79. The van der Waals surface area contributed by atoms with Crippen LogP contribution in [0.5, 0.6) is 0 Å². The van der Waals surface area contributed by atoms with Crippen molar-refractivity contribution in [3.8, 4) is 0 Å². The van der Waals surface area contributed by atoms with Crippen LogP contribution in [0.1, 0.15) is 17.8 Å². The zero-order valence-corrected chi connectivity index (χ0v) is 18.0. The van der Waals surface area contributed by atoms with Crippen molar-refractivity contribution in [1.82, 2.24) is 19.9 Å². The molecule has 0 aromatic carbocycles. The highest BCUT2D eigenvalue weighted by atomic mass is 32.1. The van der Waals surface area contributed by atoms with E-state index >= 15 is 0 Å². The molecule has 2 N–H and O–H groups in total. The Morgan fingerprint density at radius 1 is 0.912 bits per heavy atom. The molecule has 9 nitrogen and oxygen atoms in total. The molecule has 0 saturated carbocycles. The summed E-state index contributed by atoms with van der Waals surface area (Å²) in [5.41, 5.74) is 0. The van der Waals surface area contributed by atoms with Crippen LogP contribution in [-0.4, -0.2) is 79.5 Å². The average Bonchev–Trinajstić information content (AvgIpc) is 3.48. The molecule has 2 aromatic rings. The Morgan fingerprint density at radius 2 is 1.44 bits per heavy atom. The Labute approximate surface area is 192 Å². The number of aliphatic carboxylic acids is 2. The minimum absolute atomic E-state index is 0.567. The van der Waals surface area contributed by atoms with Gasteiger partial charge in [-0.1, -0.05) is 0 Å². The van der Waals surface area contributed by atoms with Crippen LogP contribution in [0.25, 0.3) is 0 Å². The maximum atomic E-state index is 10.6. The summed E-state index contributed by atoms with van der Waals surface area (Å²) in [6.07, 6.45) is -2.20. The van der Waals surface area contributed by atoms with Gasteiger partial charge in [-0.25, -0.2) is 24.5 Å². The summed E-state index contributed by atoms with van der Waals surface area (Å²) in [6.45, 7) is 3.20. The summed E-state index contributed by atoms with van der Waals surface area (Å²) in [5, 5.41) is 17.5. The van der Waals surface area contributed by atoms with Gasteiger partial charge in [-0.15, -0.1) is 11.3 Å². The molecular formula is C18H19F6N5O4S. The topological polar surface area (TPSA) is 120 Å². The Hall–Kier alpha value is -3.01. The van der Waals surface area contributed by atoms with Crippen molar-refractivity contribution in [3.05, 3.63) is 35.0 Å². The molecule has 34 heavy (non-hydrogen) atoms. The number of thiazole rings is 1. The van der Waals surface area contributed by atoms with E-state index in [2.05, 4.69) is 30.1 Å². The molecule has 4 heterocycles. The molecule has 2 aliphatic heterocycles. The fraction of sp³-hybridized carbons (Fsp3) is 0.500. The maximum absolute atomic E-state index is 10.6. The van der Waals surface area contributed by atoms with Gasteiger partial charge in [0.05, 0.1) is 6.54 Å². The van der Waals surface area contributed by atoms with Gasteiger partial charge < -0.3 is 15.1 Å². The first-order valence-electron chi connectivity index (χ1n) is 9.57. The lowest BCUT2D eigenvalue weighted by molar-refractivity contribution is -0.193. The van der Waals surface area contributed by atoms with E-state index in [1.165, 1.54) is 17.8 Å².